The summed E-state index contributed by atoms with van der Waals surface area (Å²) in [6.45, 7) is 2.41. The maximum Gasteiger partial charge on any atom is 0.246 e. The summed E-state index contributed by atoms with van der Waals surface area (Å²) in [4.78, 5) is 24.2. The van der Waals surface area contributed by atoms with Gasteiger partial charge in [-0.05, 0) is 18.8 Å². The van der Waals surface area contributed by atoms with Crippen LogP contribution in [0.3, 0.4) is 0 Å². The lowest BCUT2D eigenvalue weighted by atomic mass is 10.0. The highest BCUT2D eigenvalue weighted by molar-refractivity contribution is 6.00. The molecule has 2 aliphatic rings. The zero-order valence-electron chi connectivity index (χ0n) is 9.57. The Hall–Kier alpha value is -0.940. The van der Waals surface area contributed by atoms with Gasteiger partial charge in [-0.25, -0.2) is 0 Å². The van der Waals surface area contributed by atoms with E-state index in [1.807, 2.05) is 0 Å². The summed E-state index contributed by atoms with van der Waals surface area (Å²) in [6, 6.07) is -0.191. The van der Waals surface area contributed by atoms with E-state index < -0.39 is 0 Å². The van der Waals surface area contributed by atoms with Crippen LogP contribution in [0.4, 0.5) is 0 Å². The van der Waals surface area contributed by atoms with Crippen molar-refractivity contribution in [3.05, 3.63) is 0 Å². The number of likely N-dealkylation sites (tertiary alicyclic amines) is 1. The molecule has 0 bridgehead atoms. The highest BCUT2D eigenvalue weighted by Gasteiger charge is 2.31. The number of rotatable bonds is 3. The largest absolute Gasteiger partial charge is 0.381 e. The Kier molecular flexibility index (Phi) is 3.56. The highest BCUT2D eigenvalue weighted by atomic mass is 16.5. The SMILES string of the molecule is CN1C(=O)CCC(NCC2CCOC2)C1=O. The van der Waals surface area contributed by atoms with Crippen LogP contribution in [0.25, 0.3) is 0 Å². The Labute approximate surface area is 95.1 Å². The smallest absolute Gasteiger partial charge is 0.246 e. The first-order valence-electron chi connectivity index (χ1n) is 5.80. The van der Waals surface area contributed by atoms with Crippen LogP contribution >= 0.6 is 0 Å². The molecule has 2 aliphatic heterocycles. The van der Waals surface area contributed by atoms with Gasteiger partial charge >= 0.3 is 0 Å². The molecule has 0 aliphatic carbocycles. The van der Waals surface area contributed by atoms with Crippen LogP contribution in [0, 0.1) is 5.92 Å². The number of carbonyl (C=O) groups excluding carboxylic acids is 2. The summed E-state index contributed by atoms with van der Waals surface area (Å²) < 4.78 is 5.27. The van der Waals surface area contributed by atoms with Crippen LogP contribution in [-0.2, 0) is 14.3 Å². The predicted octanol–water partition coefficient (Wildman–Crippen LogP) is -0.240. The van der Waals surface area contributed by atoms with E-state index in [1.54, 1.807) is 7.05 Å². The average molecular weight is 226 g/mol. The lowest BCUT2D eigenvalue weighted by Gasteiger charge is -2.28. The van der Waals surface area contributed by atoms with Crippen molar-refractivity contribution < 1.29 is 14.3 Å². The van der Waals surface area contributed by atoms with E-state index in [1.165, 1.54) is 4.90 Å². The number of piperidine rings is 1. The van der Waals surface area contributed by atoms with Crippen LogP contribution in [0.5, 0.6) is 0 Å². The molecule has 2 rings (SSSR count). The van der Waals surface area contributed by atoms with E-state index in [2.05, 4.69) is 5.32 Å². The summed E-state index contributed by atoms with van der Waals surface area (Å²) in [5.41, 5.74) is 0. The number of carbonyl (C=O) groups is 2. The van der Waals surface area contributed by atoms with Crippen LogP contribution in [0.1, 0.15) is 19.3 Å². The van der Waals surface area contributed by atoms with Gasteiger partial charge in [-0.3, -0.25) is 14.5 Å². The first-order chi connectivity index (χ1) is 7.68. The first-order valence-corrected chi connectivity index (χ1v) is 5.80. The van der Waals surface area contributed by atoms with Crippen molar-refractivity contribution in [2.75, 3.05) is 26.8 Å². The van der Waals surface area contributed by atoms with E-state index >= 15 is 0 Å². The number of nitrogens with one attached hydrogen (secondary N) is 1. The van der Waals surface area contributed by atoms with Crippen LogP contribution in [-0.4, -0.2) is 49.6 Å². The van der Waals surface area contributed by atoms with E-state index in [-0.39, 0.29) is 17.9 Å². The second-order valence-corrected chi connectivity index (χ2v) is 4.52. The first kappa shape index (κ1) is 11.5. The van der Waals surface area contributed by atoms with E-state index in [0.717, 1.165) is 26.2 Å². The second-order valence-electron chi connectivity index (χ2n) is 4.52. The molecule has 2 heterocycles. The third-order valence-corrected chi connectivity index (χ3v) is 3.33. The molecule has 5 nitrogen and oxygen atoms in total. The highest BCUT2D eigenvalue weighted by Crippen LogP contribution is 2.14. The summed E-state index contributed by atoms with van der Waals surface area (Å²) in [5.74, 6) is 0.332. The maximum absolute atomic E-state index is 11.8. The number of imide groups is 1. The molecule has 0 saturated carbocycles. The normalized spacial score (nSPS) is 31.2. The minimum Gasteiger partial charge on any atom is -0.381 e. The molecule has 2 unspecified atom stereocenters. The van der Waals surface area contributed by atoms with Crippen molar-refractivity contribution in [2.24, 2.45) is 5.92 Å². The molecular formula is C11H18N2O3. The minimum atomic E-state index is -0.191. The minimum absolute atomic E-state index is 0.0766. The lowest BCUT2D eigenvalue weighted by Crippen LogP contribution is -2.52. The summed E-state index contributed by atoms with van der Waals surface area (Å²) in [7, 11) is 1.55. The van der Waals surface area contributed by atoms with Crippen LogP contribution in [0.2, 0.25) is 0 Å². The molecule has 2 atom stereocenters. The number of nitrogens with zero attached hydrogens (tertiary/aromatic N) is 1. The fraction of sp³-hybridized carbons (Fsp3) is 0.818. The topological polar surface area (TPSA) is 58.6 Å². The van der Waals surface area contributed by atoms with Crippen molar-refractivity contribution in [3.8, 4) is 0 Å². The fourth-order valence-corrected chi connectivity index (χ4v) is 2.16. The number of ether oxygens (including phenoxy) is 1. The van der Waals surface area contributed by atoms with Gasteiger partial charge in [-0.2, -0.15) is 0 Å². The summed E-state index contributed by atoms with van der Waals surface area (Å²) >= 11 is 0. The van der Waals surface area contributed by atoms with Gasteiger partial charge in [0.15, 0.2) is 0 Å². The second kappa shape index (κ2) is 4.93. The standard InChI is InChI=1S/C11H18N2O3/c1-13-10(14)3-2-9(11(13)15)12-6-8-4-5-16-7-8/h8-9,12H,2-7H2,1H3. The van der Waals surface area contributed by atoms with Gasteiger partial charge in [0.25, 0.3) is 0 Å². The van der Waals surface area contributed by atoms with Gasteiger partial charge in [0.1, 0.15) is 0 Å². The van der Waals surface area contributed by atoms with Crippen molar-refractivity contribution in [2.45, 2.75) is 25.3 Å². The van der Waals surface area contributed by atoms with Gasteiger partial charge in [0.2, 0.25) is 11.8 Å². The van der Waals surface area contributed by atoms with E-state index in [9.17, 15) is 9.59 Å². The third kappa shape index (κ3) is 2.41. The maximum atomic E-state index is 11.8. The van der Waals surface area contributed by atoms with Crippen LogP contribution < -0.4 is 5.32 Å². The molecule has 1 N–H and O–H groups in total. The van der Waals surface area contributed by atoms with E-state index in [0.29, 0.717) is 18.8 Å². The summed E-state index contributed by atoms with van der Waals surface area (Å²) in [5, 5.41) is 3.24. The molecule has 0 spiro atoms. The van der Waals surface area contributed by atoms with E-state index in [4.69, 9.17) is 4.74 Å². The molecule has 0 aromatic carbocycles. The van der Waals surface area contributed by atoms with Crippen molar-refractivity contribution in [1.82, 2.24) is 10.2 Å². The molecule has 2 saturated heterocycles. The zero-order chi connectivity index (χ0) is 11.5. The number of hydrogen-bond donors (Lipinski definition) is 1. The Morgan fingerprint density at radius 1 is 1.44 bits per heavy atom. The quantitative estimate of drug-likeness (QED) is 0.675. The monoisotopic (exact) mass is 226 g/mol. The predicted molar refractivity (Wildman–Crippen MR) is 57.7 cm³/mol. The Bertz CT molecular complexity index is 287. The molecule has 16 heavy (non-hydrogen) atoms. The lowest BCUT2D eigenvalue weighted by molar-refractivity contribution is -0.148. The number of likely N-dealkylation sites (N-methyl/N-ethyl adjacent to an activating group) is 1. The Morgan fingerprint density at radius 3 is 2.94 bits per heavy atom. The molecule has 0 aromatic rings. The van der Waals surface area contributed by atoms with Gasteiger partial charge < -0.3 is 10.1 Å². The molecule has 0 aromatic heterocycles. The molecule has 5 heteroatoms. The van der Waals surface area contributed by atoms with Gasteiger partial charge in [0.05, 0.1) is 12.6 Å². The molecular weight excluding hydrogens is 208 g/mol. The molecule has 2 amide bonds. The average Bonchev–Trinajstić information content (AvgIpc) is 2.78. The van der Waals surface area contributed by atoms with Crippen molar-refractivity contribution >= 4 is 11.8 Å². The zero-order valence-corrected chi connectivity index (χ0v) is 9.57. The number of amides is 2. The van der Waals surface area contributed by atoms with Crippen LogP contribution in [0.15, 0.2) is 0 Å². The van der Waals surface area contributed by atoms with Gasteiger partial charge in [0, 0.05) is 26.6 Å². The Balaban J connectivity index is 1.80. The molecule has 2 fully saturated rings. The van der Waals surface area contributed by atoms with Gasteiger partial charge in [-0.15, -0.1) is 0 Å². The van der Waals surface area contributed by atoms with Gasteiger partial charge in [-0.1, -0.05) is 0 Å². The molecule has 0 radical (unpaired) electrons. The third-order valence-electron chi connectivity index (χ3n) is 3.33. The number of hydrogen-bond acceptors (Lipinski definition) is 4. The van der Waals surface area contributed by atoms with Crippen molar-refractivity contribution in [3.63, 3.8) is 0 Å². The fourth-order valence-electron chi connectivity index (χ4n) is 2.16. The van der Waals surface area contributed by atoms with Crippen molar-refractivity contribution in [1.29, 1.82) is 0 Å². The summed E-state index contributed by atoms with van der Waals surface area (Å²) in [6.07, 6.45) is 2.14. The Morgan fingerprint density at radius 2 is 2.25 bits per heavy atom. The molecule has 90 valence electrons.